The molecule has 0 spiro atoms. The first-order valence-corrected chi connectivity index (χ1v) is 7.95. The number of aromatic nitrogens is 2. The number of hydrogen-bond donors (Lipinski definition) is 1. The van der Waals surface area contributed by atoms with Gasteiger partial charge in [0.15, 0.2) is 5.75 Å². The molecule has 1 aliphatic carbocycles. The van der Waals surface area contributed by atoms with E-state index in [2.05, 4.69) is 16.9 Å². The van der Waals surface area contributed by atoms with Crippen molar-refractivity contribution in [2.45, 2.75) is 45.3 Å². The van der Waals surface area contributed by atoms with Gasteiger partial charge >= 0.3 is 0 Å². The molecule has 0 bridgehead atoms. The first-order chi connectivity index (χ1) is 10.0. The van der Waals surface area contributed by atoms with Crippen LogP contribution in [0.4, 0.5) is 0 Å². The number of nitrogens with zero attached hydrogens (tertiary/aromatic N) is 3. The molecule has 0 aliphatic heterocycles. The standard InChI is InChI=1S/C16H29N3O2/c1-12-5-7-13(8-6-12)16(20)15-14(21-4)11-17-19(15)10-9-18(2)3/h11-13,16,20H,5-10H2,1-4H3. The van der Waals surface area contributed by atoms with Gasteiger partial charge in [-0.15, -0.1) is 0 Å². The summed E-state index contributed by atoms with van der Waals surface area (Å²) in [5.74, 6) is 1.82. The zero-order valence-electron chi connectivity index (χ0n) is 13.7. The Morgan fingerprint density at radius 1 is 1.38 bits per heavy atom. The second kappa shape index (κ2) is 7.27. The second-order valence-corrected chi connectivity index (χ2v) is 6.59. The first kappa shape index (κ1) is 16.3. The summed E-state index contributed by atoms with van der Waals surface area (Å²) in [6.07, 6.45) is 5.83. The Balaban J connectivity index is 2.13. The van der Waals surface area contributed by atoms with Gasteiger partial charge in [0.2, 0.25) is 0 Å². The molecule has 1 heterocycles. The largest absolute Gasteiger partial charge is 0.493 e. The number of likely N-dealkylation sites (N-methyl/N-ethyl adjacent to an activating group) is 1. The fraction of sp³-hybridized carbons (Fsp3) is 0.812. The van der Waals surface area contributed by atoms with Crippen LogP contribution in [0.5, 0.6) is 5.75 Å². The molecule has 5 heteroatoms. The summed E-state index contributed by atoms with van der Waals surface area (Å²) >= 11 is 0. The van der Waals surface area contributed by atoms with Gasteiger partial charge in [0.1, 0.15) is 11.8 Å². The minimum Gasteiger partial charge on any atom is -0.493 e. The highest BCUT2D eigenvalue weighted by atomic mass is 16.5. The van der Waals surface area contributed by atoms with Crippen LogP contribution in [-0.4, -0.2) is 47.5 Å². The summed E-state index contributed by atoms with van der Waals surface area (Å²) in [4.78, 5) is 2.12. The summed E-state index contributed by atoms with van der Waals surface area (Å²) < 4.78 is 7.31. The van der Waals surface area contributed by atoms with Crippen LogP contribution in [-0.2, 0) is 6.54 Å². The van der Waals surface area contributed by atoms with Crippen molar-refractivity contribution in [1.29, 1.82) is 0 Å². The average molecular weight is 295 g/mol. The van der Waals surface area contributed by atoms with Crippen LogP contribution in [0.25, 0.3) is 0 Å². The Bertz CT molecular complexity index is 437. The Morgan fingerprint density at radius 2 is 2.05 bits per heavy atom. The number of hydrogen-bond acceptors (Lipinski definition) is 4. The number of aliphatic hydroxyl groups is 1. The molecule has 1 atom stereocenters. The van der Waals surface area contributed by atoms with E-state index in [0.29, 0.717) is 11.7 Å². The molecule has 1 aliphatic rings. The summed E-state index contributed by atoms with van der Waals surface area (Å²) in [7, 11) is 5.73. The minimum absolute atomic E-state index is 0.324. The SMILES string of the molecule is COc1cnn(CCN(C)C)c1C(O)C1CCC(C)CC1. The molecule has 0 radical (unpaired) electrons. The molecule has 1 aromatic heterocycles. The Labute approximate surface area is 127 Å². The van der Waals surface area contributed by atoms with Gasteiger partial charge in [-0.3, -0.25) is 4.68 Å². The minimum atomic E-state index is -0.475. The van der Waals surface area contributed by atoms with Gasteiger partial charge in [-0.05, 0) is 38.8 Å². The van der Waals surface area contributed by atoms with Gasteiger partial charge in [-0.25, -0.2) is 0 Å². The van der Waals surface area contributed by atoms with Crippen LogP contribution in [0.2, 0.25) is 0 Å². The van der Waals surface area contributed by atoms with Crippen LogP contribution >= 0.6 is 0 Å². The highest BCUT2D eigenvalue weighted by Crippen LogP contribution is 2.39. The lowest BCUT2D eigenvalue weighted by Crippen LogP contribution is -2.25. The van der Waals surface area contributed by atoms with Crippen LogP contribution < -0.4 is 4.74 Å². The molecule has 0 saturated heterocycles. The lowest BCUT2D eigenvalue weighted by Gasteiger charge is -2.30. The molecule has 1 unspecified atom stereocenters. The van der Waals surface area contributed by atoms with E-state index < -0.39 is 6.10 Å². The van der Waals surface area contributed by atoms with Gasteiger partial charge in [0, 0.05) is 6.54 Å². The zero-order chi connectivity index (χ0) is 15.4. The van der Waals surface area contributed by atoms with Gasteiger partial charge in [0.05, 0.1) is 19.9 Å². The van der Waals surface area contributed by atoms with Gasteiger partial charge in [-0.2, -0.15) is 5.10 Å². The summed E-state index contributed by atoms with van der Waals surface area (Å²) in [5.41, 5.74) is 0.846. The Hall–Kier alpha value is -1.07. The van der Waals surface area contributed by atoms with E-state index in [4.69, 9.17) is 4.74 Å². The third-order valence-corrected chi connectivity index (χ3v) is 4.61. The van der Waals surface area contributed by atoms with Gasteiger partial charge in [-0.1, -0.05) is 19.8 Å². The lowest BCUT2D eigenvalue weighted by molar-refractivity contribution is 0.0655. The maximum atomic E-state index is 10.8. The predicted molar refractivity (Wildman–Crippen MR) is 83.4 cm³/mol. The highest BCUT2D eigenvalue weighted by molar-refractivity contribution is 5.28. The lowest BCUT2D eigenvalue weighted by atomic mass is 9.79. The van der Waals surface area contributed by atoms with E-state index in [1.165, 1.54) is 12.8 Å². The van der Waals surface area contributed by atoms with Crippen LogP contribution in [0.3, 0.4) is 0 Å². The molecule has 1 aromatic rings. The van der Waals surface area contributed by atoms with Crippen molar-refractivity contribution in [3.8, 4) is 5.75 Å². The summed E-state index contributed by atoms with van der Waals surface area (Å²) in [5, 5.41) is 15.2. The molecule has 2 rings (SSSR count). The first-order valence-electron chi connectivity index (χ1n) is 7.95. The third-order valence-electron chi connectivity index (χ3n) is 4.61. The van der Waals surface area contributed by atoms with Crippen molar-refractivity contribution >= 4 is 0 Å². The monoisotopic (exact) mass is 295 g/mol. The van der Waals surface area contributed by atoms with E-state index in [9.17, 15) is 5.11 Å². The smallest absolute Gasteiger partial charge is 0.162 e. The maximum absolute atomic E-state index is 10.8. The Kier molecular flexibility index (Phi) is 5.65. The van der Waals surface area contributed by atoms with E-state index in [1.807, 2.05) is 18.8 Å². The van der Waals surface area contributed by atoms with Crippen molar-refractivity contribution in [2.75, 3.05) is 27.7 Å². The number of aliphatic hydroxyl groups excluding tert-OH is 1. The molecule has 0 aromatic carbocycles. The predicted octanol–water partition coefficient (Wildman–Crippen LogP) is 2.31. The number of ether oxygens (including phenoxy) is 1. The molecule has 5 nitrogen and oxygen atoms in total. The summed E-state index contributed by atoms with van der Waals surface area (Å²) in [6.45, 7) is 3.96. The molecule has 120 valence electrons. The second-order valence-electron chi connectivity index (χ2n) is 6.59. The Morgan fingerprint density at radius 3 is 2.62 bits per heavy atom. The normalized spacial score (nSPS) is 24.3. The van der Waals surface area contributed by atoms with Crippen molar-refractivity contribution in [1.82, 2.24) is 14.7 Å². The van der Waals surface area contributed by atoms with Crippen LogP contribution in [0, 0.1) is 11.8 Å². The van der Waals surface area contributed by atoms with Crippen molar-refractivity contribution in [3.63, 3.8) is 0 Å². The molecule has 21 heavy (non-hydrogen) atoms. The van der Waals surface area contributed by atoms with Crippen LogP contribution in [0.15, 0.2) is 6.20 Å². The van der Waals surface area contributed by atoms with E-state index in [0.717, 1.165) is 37.5 Å². The molecular weight excluding hydrogens is 266 g/mol. The molecule has 1 fully saturated rings. The highest BCUT2D eigenvalue weighted by Gasteiger charge is 2.30. The fourth-order valence-corrected chi connectivity index (χ4v) is 3.13. The van der Waals surface area contributed by atoms with Crippen molar-refractivity contribution in [2.24, 2.45) is 11.8 Å². The molecule has 1 N–H and O–H groups in total. The quantitative estimate of drug-likeness (QED) is 0.875. The van der Waals surface area contributed by atoms with Crippen molar-refractivity contribution < 1.29 is 9.84 Å². The molecular formula is C16H29N3O2. The topological polar surface area (TPSA) is 50.5 Å². The fourth-order valence-electron chi connectivity index (χ4n) is 3.13. The third kappa shape index (κ3) is 3.98. The maximum Gasteiger partial charge on any atom is 0.162 e. The molecule has 1 saturated carbocycles. The van der Waals surface area contributed by atoms with Gasteiger partial charge in [0.25, 0.3) is 0 Å². The van der Waals surface area contributed by atoms with E-state index in [-0.39, 0.29) is 0 Å². The van der Waals surface area contributed by atoms with Crippen LogP contribution in [0.1, 0.15) is 44.4 Å². The number of rotatable bonds is 6. The van der Waals surface area contributed by atoms with Crippen molar-refractivity contribution in [3.05, 3.63) is 11.9 Å². The van der Waals surface area contributed by atoms with E-state index in [1.54, 1.807) is 13.3 Å². The zero-order valence-corrected chi connectivity index (χ0v) is 13.7. The molecule has 0 amide bonds. The average Bonchev–Trinajstić information content (AvgIpc) is 2.88. The summed E-state index contributed by atoms with van der Waals surface area (Å²) in [6, 6.07) is 0. The van der Waals surface area contributed by atoms with E-state index >= 15 is 0 Å². The number of methoxy groups -OCH3 is 1. The van der Waals surface area contributed by atoms with Gasteiger partial charge < -0.3 is 14.7 Å².